The second-order valence-electron chi connectivity index (χ2n) is 7.61. The van der Waals surface area contributed by atoms with Gasteiger partial charge in [-0.2, -0.15) is 0 Å². The lowest BCUT2D eigenvalue weighted by atomic mass is 9.81. The predicted octanol–water partition coefficient (Wildman–Crippen LogP) is 3.01. The Labute approximate surface area is 147 Å². The molecule has 4 rings (SSSR count). The molecule has 6 nitrogen and oxygen atoms in total. The average Bonchev–Trinajstić information content (AvgIpc) is 3.30. The van der Waals surface area contributed by atoms with Crippen molar-refractivity contribution in [2.75, 3.05) is 36.4 Å². The smallest absolute Gasteiger partial charge is 0.321 e. The number of fused-ring (bicyclic) bond motifs is 1. The van der Waals surface area contributed by atoms with Gasteiger partial charge in [-0.1, -0.05) is 12.5 Å². The molecule has 1 aliphatic carbocycles. The number of nitrogens with one attached hydrogen (secondary N) is 1. The van der Waals surface area contributed by atoms with Crippen molar-refractivity contribution in [1.82, 2.24) is 4.90 Å². The Morgan fingerprint density at radius 3 is 2.72 bits per heavy atom. The Hall–Kier alpha value is -2.24. The molecule has 2 atom stereocenters. The van der Waals surface area contributed by atoms with E-state index in [2.05, 4.69) is 16.3 Å². The number of nitrogens with zero attached hydrogens (tertiary/aromatic N) is 2. The molecule has 0 aromatic heterocycles. The summed E-state index contributed by atoms with van der Waals surface area (Å²) >= 11 is 0. The first-order valence-electron chi connectivity index (χ1n) is 9.23. The second kappa shape index (κ2) is 6.24. The molecule has 134 valence electrons. The van der Waals surface area contributed by atoms with E-state index in [0.717, 1.165) is 37.3 Å². The molecule has 2 heterocycles. The van der Waals surface area contributed by atoms with Gasteiger partial charge in [-0.15, -0.1) is 0 Å². The van der Waals surface area contributed by atoms with Crippen LogP contribution < -0.4 is 10.2 Å². The molecule has 0 radical (unpaired) electrons. The van der Waals surface area contributed by atoms with E-state index in [1.807, 2.05) is 18.2 Å². The van der Waals surface area contributed by atoms with Crippen molar-refractivity contribution in [2.45, 2.75) is 32.1 Å². The minimum absolute atomic E-state index is 0.0895. The van der Waals surface area contributed by atoms with Crippen LogP contribution in [0.2, 0.25) is 0 Å². The van der Waals surface area contributed by atoms with E-state index in [0.29, 0.717) is 19.5 Å². The highest BCUT2D eigenvalue weighted by molar-refractivity contribution is 5.91. The Morgan fingerprint density at radius 2 is 2.00 bits per heavy atom. The Kier molecular flexibility index (Phi) is 4.06. The highest BCUT2D eigenvalue weighted by Gasteiger charge is 2.55. The summed E-state index contributed by atoms with van der Waals surface area (Å²) in [5, 5.41) is 12.6. The number of benzene rings is 1. The van der Waals surface area contributed by atoms with Crippen LogP contribution in [0.5, 0.6) is 0 Å². The lowest BCUT2D eigenvalue weighted by Gasteiger charge is -2.23. The minimum atomic E-state index is -0.749. The molecule has 3 aliphatic rings. The van der Waals surface area contributed by atoms with Crippen molar-refractivity contribution in [2.24, 2.45) is 11.3 Å². The molecule has 6 heteroatoms. The molecule has 25 heavy (non-hydrogen) atoms. The highest BCUT2D eigenvalue weighted by atomic mass is 16.4. The molecule has 0 bridgehead atoms. The fourth-order valence-corrected chi connectivity index (χ4v) is 4.75. The number of aliphatic carboxylic acids is 1. The van der Waals surface area contributed by atoms with Gasteiger partial charge in [0.15, 0.2) is 0 Å². The van der Waals surface area contributed by atoms with E-state index in [4.69, 9.17) is 0 Å². The zero-order valence-electron chi connectivity index (χ0n) is 14.4. The van der Waals surface area contributed by atoms with Crippen LogP contribution in [0.15, 0.2) is 24.3 Å². The first-order valence-corrected chi connectivity index (χ1v) is 9.23. The summed E-state index contributed by atoms with van der Waals surface area (Å²) in [6.45, 7) is 2.99. The monoisotopic (exact) mass is 343 g/mol. The summed E-state index contributed by atoms with van der Waals surface area (Å²) in [5.41, 5.74) is 1.18. The topological polar surface area (TPSA) is 72.9 Å². The van der Waals surface area contributed by atoms with E-state index in [9.17, 15) is 14.7 Å². The molecule has 0 unspecified atom stereocenters. The van der Waals surface area contributed by atoms with Gasteiger partial charge in [0, 0.05) is 37.6 Å². The molecule has 1 aromatic carbocycles. The van der Waals surface area contributed by atoms with Crippen LogP contribution in [-0.2, 0) is 4.79 Å². The first kappa shape index (κ1) is 16.2. The van der Waals surface area contributed by atoms with Gasteiger partial charge in [-0.3, -0.25) is 4.79 Å². The van der Waals surface area contributed by atoms with Crippen molar-refractivity contribution in [1.29, 1.82) is 0 Å². The third kappa shape index (κ3) is 2.83. The maximum absolute atomic E-state index is 12.7. The summed E-state index contributed by atoms with van der Waals surface area (Å²) in [4.78, 5) is 28.4. The normalized spacial score (nSPS) is 28.2. The fourth-order valence-electron chi connectivity index (χ4n) is 4.75. The van der Waals surface area contributed by atoms with Gasteiger partial charge in [0.2, 0.25) is 0 Å². The average molecular weight is 343 g/mol. The van der Waals surface area contributed by atoms with Crippen LogP contribution in [0, 0.1) is 11.3 Å². The molecular formula is C19H25N3O3. The van der Waals surface area contributed by atoms with Gasteiger partial charge >= 0.3 is 12.0 Å². The molecule has 2 amide bonds. The summed E-state index contributed by atoms with van der Waals surface area (Å²) in [7, 11) is 0. The van der Waals surface area contributed by atoms with Crippen molar-refractivity contribution in [3.63, 3.8) is 0 Å². The number of hydrogen-bond acceptors (Lipinski definition) is 3. The number of amides is 2. The number of carbonyl (C=O) groups is 2. The van der Waals surface area contributed by atoms with Crippen LogP contribution in [-0.4, -0.2) is 48.2 Å². The SMILES string of the molecule is O=C(Nc1cccc(N2CCCC2)c1)N1C[C@@H]2CCC[C@@]2(C(=O)O)C1. The zero-order chi connectivity index (χ0) is 17.4. The molecule has 2 aliphatic heterocycles. The van der Waals surface area contributed by atoms with Gasteiger partial charge in [-0.25, -0.2) is 4.79 Å². The van der Waals surface area contributed by atoms with Crippen LogP contribution in [0.4, 0.5) is 16.2 Å². The van der Waals surface area contributed by atoms with Crippen molar-refractivity contribution in [3.8, 4) is 0 Å². The minimum Gasteiger partial charge on any atom is -0.481 e. The van der Waals surface area contributed by atoms with Crippen LogP contribution >= 0.6 is 0 Å². The number of carbonyl (C=O) groups excluding carboxylic acids is 1. The van der Waals surface area contributed by atoms with E-state index < -0.39 is 11.4 Å². The number of anilines is 2. The Bertz CT molecular complexity index is 686. The number of carboxylic acid groups (broad SMARTS) is 1. The lowest BCUT2D eigenvalue weighted by molar-refractivity contribution is -0.149. The molecule has 2 N–H and O–H groups in total. The van der Waals surface area contributed by atoms with Gasteiger partial charge in [0.25, 0.3) is 0 Å². The largest absolute Gasteiger partial charge is 0.481 e. The van der Waals surface area contributed by atoms with Crippen molar-refractivity contribution < 1.29 is 14.7 Å². The van der Waals surface area contributed by atoms with E-state index in [1.165, 1.54) is 12.8 Å². The zero-order valence-corrected chi connectivity index (χ0v) is 14.4. The Balaban J connectivity index is 1.44. The fraction of sp³-hybridized carbons (Fsp3) is 0.579. The van der Waals surface area contributed by atoms with Crippen molar-refractivity contribution >= 4 is 23.4 Å². The molecule has 1 saturated carbocycles. The number of hydrogen-bond donors (Lipinski definition) is 2. The van der Waals surface area contributed by atoms with Gasteiger partial charge in [0.05, 0.1) is 5.41 Å². The molecule has 3 fully saturated rings. The lowest BCUT2D eigenvalue weighted by Crippen LogP contribution is -2.38. The number of urea groups is 1. The molecular weight excluding hydrogens is 318 g/mol. The predicted molar refractivity (Wildman–Crippen MR) is 95.9 cm³/mol. The summed E-state index contributed by atoms with van der Waals surface area (Å²) in [6.07, 6.45) is 4.96. The highest BCUT2D eigenvalue weighted by Crippen LogP contribution is 2.48. The maximum atomic E-state index is 12.7. The number of rotatable bonds is 3. The second-order valence-corrected chi connectivity index (χ2v) is 7.61. The maximum Gasteiger partial charge on any atom is 0.321 e. The van der Waals surface area contributed by atoms with Crippen molar-refractivity contribution in [3.05, 3.63) is 24.3 Å². The van der Waals surface area contributed by atoms with Gasteiger partial charge in [0.1, 0.15) is 0 Å². The number of likely N-dealkylation sites (tertiary alicyclic amines) is 1. The van der Waals surface area contributed by atoms with Gasteiger partial charge < -0.3 is 20.2 Å². The summed E-state index contributed by atoms with van der Waals surface area (Å²) in [5.74, 6) is -0.659. The number of carboxylic acids is 1. The van der Waals surface area contributed by atoms with Crippen LogP contribution in [0.3, 0.4) is 0 Å². The third-order valence-electron chi connectivity index (χ3n) is 6.15. The van der Waals surface area contributed by atoms with E-state index in [1.54, 1.807) is 4.90 Å². The third-order valence-corrected chi connectivity index (χ3v) is 6.15. The van der Waals surface area contributed by atoms with Crippen LogP contribution in [0.25, 0.3) is 0 Å². The summed E-state index contributed by atoms with van der Waals surface area (Å²) in [6, 6.07) is 7.74. The molecule has 1 aromatic rings. The van der Waals surface area contributed by atoms with E-state index >= 15 is 0 Å². The van der Waals surface area contributed by atoms with E-state index in [-0.39, 0.29) is 11.9 Å². The summed E-state index contributed by atoms with van der Waals surface area (Å²) < 4.78 is 0. The van der Waals surface area contributed by atoms with Crippen LogP contribution in [0.1, 0.15) is 32.1 Å². The first-order chi connectivity index (χ1) is 12.1. The molecule has 2 saturated heterocycles. The Morgan fingerprint density at radius 1 is 1.20 bits per heavy atom. The quantitative estimate of drug-likeness (QED) is 0.885. The molecule has 0 spiro atoms. The standard InChI is InChI=1S/C19H25N3O3/c23-17(24)19-8-4-5-14(19)12-22(13-19)18(25)20-15-6-3-7-16(11-15)21-9-1-2-10-21/h3,6-7,11,14H,1-2,4-5,8-10,12-13H2,(H,20,25)(H,23,24)/t14-,19+/m0/s1. The van der Waals surface area contributed by atoms with Gasteiger partial charge in [-0.05, 0) is 49.8 Å².